The zero-order valence-electron chi connectivity index (χ0n) is 11.1. The highest BCUT2D eigenvalue weighted by molar-refractivity contribution is 5.18. The van der Waals surface area contributed by atoms with Crippen molar-refractivity contribution in [2.75, 3.05) is 19.6 Å². The fourth-order valence-electron chi connectivity index (χ4n) is 1.83. The summed E-state index contributed by atoms with van der Waals surface area (Å²) in [6, 6.07) is 4.04. The van der Waals surface area contributed by atoms with Crippen LogP contribution in [-0.4, -0.2) is 19.6 Å². The highest BCUT2D eigenvalue weighted by Crippen LogP contribution is 2.17. The topological polar surface area (TPSA) is 38.0 Å². The first kappa shape index (κ1) is 15.1. The summed E-state index contributed by atoms with van der Waals surface area (Å²) < 4.78 is 25.7. The van der Waals surface area contributed by atoms with Gasteiger partial charge in [0, 0.05) is 6.54 Å². The fraction of sp³-hybridized carbons (Fsp3) is 0.571. The molecular formula is C14H22F2N2. The highest BCUT2D eigenvalue weighted by atomic mass is 19.2. The number of nitrogens with two attached hydrogens (primary N) is 1. The van der Waals surface area contributed by atoms with Gasteiger partial charge in [0.2, 0.25) is 0 Å². The van der Waals surface area contributed by atoms with Crippen LogP contribution in [0.15, 0.2) is 18.2 Å². The summed E-state index contributed by atoms with van der Waals surface area (Å²) >= 11 is 0. The monoisotopic (exact) mass is 256 g/mol. The molecule has 0 aromatic heterocycles. The fourth-order valence-corrected chi connectivity index (χ4v) is 1.83. The van der Waals surface area contributed by atoms with Crippen molar-refractivity contribution in [2.45, 2.75) is 26.7 Å². The molecule has 0 fully saturated rings. The van der Waals surface area contributed by atoms with E-state index in [2.05, 4.69) is 19.2 Å². The van der Waals surface area contributed by atoms with Crippen molar-refractivity contribution >= 4 is 0 Å². The summed E-state index contributed by atoms with van der Waals surface area (Å²) in [7, 11) is 0. The minimum Gasteiger partial charge on any atom is -0.330 e. The van der Waals surface area contributed by atoms with Crippen molar-refractivity contribution < 1.29 is 8.78 Å². The maximum absolute atomic E-state index is 13.0. The van der Waals surface area contributed by atoms with Crippen molar-refractivity contribution in [1.82, 2.24) is 5.32 Å². The summed E-state index contributed by atoms with van der Waals surface area (Å²) in [5, 5.41) is 3.32. The van der Waals surface area contributed by atoms with Gasteiger partial charge in [-0.2, -0.15) is 0 Å². The lowest BCUT2D eigenvalue weighted by molar-refractivity contribution is 0.321. The molecule has 0 saturated heterocycles. The minimum atomic E-state index is -0.796. The molecular weight excluding hydrogens is 234 g/mol. The smallest absolute Gasteiger partial charge is 0.159 e. The van der Waals surface area contributed by atoms with Crippen molar-refractivity contribution in [3.63, 3.8) is 0 Å². The highest BCUT2D eigenvalue weighted by Gasteiger charge is 2.15. The van der Waals surface area contributed by atoms with Crippen molar-refractivity contribution in [1.29, 1.82) is 0 Å². The van der Waals surface area contributed by atoms with E-state index in [1.807, 2.05) is 0 Å². The molecule has 0 unspecified atom stereocenters. The maximum atomic E-state index is 13.0. The summed E-state index contributed by atoms with van der Waals surface area (Å²) in [6.07, 6.45) is 1.65. The first-order chi connectivity index (χ1) is 8.44. The van der Waals surface area contributed by atoms with Gasteiger partial charge in [0.15, 0.2) is 11.6 Å². The lowest BCUT2D eigenvalue weighted by Gasteiger charge is -2.24. The molecule has 0 spiro atoms. The third kappa shape index (κ3) is 5.10. The van der Waals surface area contributed by atoms with E-state index in [-0.39, 0.29) is 5.41 Å². The van der Waals surface area contributed by atoms with Gasteiger partial charge in [0.25, 0.3) is 0 Å². The van der Waals surface area contributed by atoms with Crippen LogP contribution in [0.3, 0.4) is 0 Å². The predicted octanol–water partition coefficient (Wildman–Crippen LogP) is 2.47. The third-order valence-electron chi connectivity index (χ3n) is 3.00. The molecule has 0 saturated carbocycles. The van der Waals surface area contributed by atoms with E-state index in [0.717, 1.165) is 25.1 Å². The van der Waals surface area contributed by atoms with E-state index in [0.29, 0.717) is 13.0 Å². The number of hydrogen-bond acceptors (Lipinski definition) is 2. The van der Waals surface area contributed by atoms with Crippen LogP contribution in [0.25, 0.3) is 0 Å². The Morgan fingerprint density at radius 3 is 2.56 bits per heavy atom. The maximum Gasteiger partial charge on any atom is 0.159 e. The Morgan fingerprint density at radius 2 is 1.94 bits per heavy atom. The number of halogens is 2. The van der Waals surface area contributed by atoms with E-state index in [4.69, 9.17) is 5.73 Å². The van der Waals surface area contributed by atoms with Crippen LogP contribution in [0.1, 0.15) is 25.8 Å². The van der Waals surface area contributed by atoms with Gasteiger partial charge in [-0.05, 0) is 49.0 Å². The van der Waals surface area contributed by atoms with Gasteiger partial charge in [-0.3, -0.25) is 0 Å². The van der Waals surface area contributed by atoms with Crippen molar-refractivity contribution in [3.05, 3.63) is 35.4 Å². The van der Waals surface area contributed by atoms with Crippen molar-refractivity contribution in [2.24, 2.45) is 11.1 Å². The van der Waals surface area contributed by atoms with E-state index in [9.17, 15) is 8.78 Å². The van der Waals surface area contributed by atoms with Gasteiger partial charge in [-0.25, -0.2) is 8.78 Å². The lowest BCUT2D eigenvalue weighted by Crippen LogP contribution is -2.32. The Bertz CT molecular complexity index is 378. The number of benzene rings is 1. The van der Waals surface area contributed by atoms with Gasteiger partial charge in [-0.15, -0.1) is 0 Å². The molecule has 0 bridgehead atoms. The average Bonchev–Trinajstić information content (AvgIpc) is 2.29. The van der Waals surface area contributed by atoms with Gasteiger partial charge in [0.1, 0.15) is 0 Å². The second-order valence-electron chi connectivity index (χ2n) is 5.38. The summed E-state index contributed by atoms with van der Waals surface area (Å²) in [6.45, 7) is 6.61. The molecule has 1 aromatic carbocycles. The molecule has 0 aliphatic carbocycles. The molecule has 0 radical (unpaired) electrons. The van der Waals surface area contributed by atoms with Crippen LogP contribution >= 0.6 is 0 Å². The quantitative estimate of drug-likeness (QED) is 0.735. The van der Waals surface area contributed by atoms with Crippen LogP contribution in [0.2, 0.25) is 0 Å². The molecule has 1 aromatic rings. The lowest BCUT2D eigenvalue weighted by atomic mass is 9.89. The van der Waals surface area contributed by atoms with Gasteiger partial charge >= 0.3 is 0 Å². The zero-order chi connectivity index (χ0) is 13.6. The molecule has 4 heteroatoms. The zero-order valence-corrected chi connectivity index (χ0v) is 11.1. The van der Waals surface area contributed by atoms with E-state index in [1.165, 1.54) is 12.1 Å². The standard InChI is InChI=1S/C14H22F2N2/c1-14(2,6-7-17)10-18-8-5-11-3-4-12(15)13(16)9-11/h3-4,9,18H,5-8,10,17H2,1-2H3. The largest absolute Gasteiger partial charge is 0.330 e. The normalized spacial score (nSPS) is 11.8. The third-order valence-corrected chi connectivity index (χ3v) is 3.00. The molecule has 102 valence electrons. The second-order valence-corrected chi connectivity index (χ2v) is 5.38. The molecule has 2 nitrogen and oxygen atoms in total. The van der Waals surface area contributed by atoms with E-state index >= 15 is 0 Å². The second kappa shape index (κ2) is 6.81. The molecule has 0 aliphatic heterocycles. The Labute approximate surface area is 108 Å². The molecule has 0 amide bonds. The summed E-state index contributed by atoms with van der Waals surface area (Å²) in [5.41, 5.74) is 6.51. The molecule has 3 N–H and O–H groups in total. The molecule has 0 heterocycles. The van der Waals surface area contributed by atoms with Crippen LogP contribution in [0, 0.1) is 17.0 Å². The number of nitrogens with one attached hydrogen (secondary N) is 1. The summed E-state index contributed by atoms with van der Waals surface area (Å²) in [5.74, 6) is -1.58. The van der Waals surface area contributed by atoms with Crippen LogP contribution < -0.4 is 11.1 Å². The molecule has 0 atom stereocenters. The Morgan fingerprint density at radius 1 is 1.22 bits per heavy atom. The first-order valence-electron chi connectivity index (χ1n) is 6.29. The molecule has 1 rings (SSSR count). The van der Waals surface area contributed by atoms with E-state index < -0.39 is 11.6 Å². The Hall–Kier alpha value is -1.00. The summed E-state index contributed by atoms with van der Waals surface area (Å²) in [4.78, 5) is 0. The number of rotatable bonds is 7. The minimum absolute atomic E-state index is 0.169. The van der Waals surface area contributed by atoms with Crippen LogP contribution in [0.4, 0.5) is 8.78 Å². The first-order valence-corrected chi connectivity index (χ1v) is 6.29. The van der Waals surface area contributed by atoms with Gasteiger partial charge in [-0.1, -0.05) is 19.9 Å². The van der Waals surface area contributed by atoms with Crippen LogP contribution in [0.5, 0.6) is 0 Å². The molecule has 0 aliphatic rings. The molecule has 18 heavy (non-hydrogen) atoms. The van der Waals surface area contributed by atoms with Gasteiger partial charge < -0.3 is 11.1 Å². The van der Waals surface area contributed by atoms with E-state index in [1.54, 1.807) is 6.07 Å². The van der Waals surface area contributed by atoms with Gasteiger partial charge in [0.05, 0.1) is 0 Å². The Balaban J connectivity index is 2.31. The predicted molar refractivity (Wildman–Crippen MR) is 70.4 cm³/mol. The SMILES string of the molecule is CC(C)(CCN)CNCCc1ccc(F)c(F)c1. The van der Waals surface area contributed by atoms with Crippen LogP contribution in [-0.2, 0) is 6.42 Å². The Kier molecular flexibility index (Phi) is 5.69. The average molecular weight is 256 g/mol. The van der Waals surface area contributed by atoms with Crippen molar-refractivity contribution in [3.8, 4) is 0 Å². The number of hydrogen-bond donors (Lipinski definition) is 2.